The molecule has 1 aromatic carbocycles. The molecule has 0 fully saturated rings. The number of carbonyl (C=O) groups excluding carboxylic acids is 3. The van der Waals surface area contributed by atoms with Gasteiger partial charge in [-0.3, -0.25) is 14.9 Å². The molecule has 0 saturated heterocycles. The van der Waals surface area contributed by atoms with Gasteiger partial charge in [-0.2, -0.15) is 4.68 Å². The van der Waals surface area contributed by atoms with E-state index in [4.69, 9.17) is 4.42 Å². The quantitative estimate of drug-likeness (QED) is 0.702. The molecular weight excluding hydrogens is 339 g/mol. The average Bonchev–Trinajstić information content (AvgIpc) is 2.94. The standard InChI is InChI=1S/C14H13FN4O6/c1-16-13(22)17-10(20)7-24-11(21)6-19-14(23)25-12(18-19)8-2-4-9(15)5-3-8/h2-5H,6-7H2,1H3,(H2,16,17,20,22). The van der Waals surface area contributed by atoms with Gasteiger partial charge in [0, 0.05) is 12.6 Å². The Balaban J connectivity index is 1.95. The maximum atomic E-state index is 12.9. The highest BCUT2D eigenvalue weighted by atomic mass is 19.1. The van der Waals surface area contributed by atoms with Gasteiger partial charge in [0.15, 0.2) is 6.61 Å². The Kier molecular flexibility index (Phi) is 5.61. The van der Waals surface area contributed by atoms with E-state index in [-0.39, 0.29) is 5.89 Å². The Morgan fingerprint density at radius 3 is 2.60 bits per heavy atom. The SMILES string of the molecule is CNC(=O)NC(=O)COC(=O)Cn1nc(-c2ccc(F)cc2)oc1=O. The second-order valence-electron chi connectivity index (χ2n) is 4.63. The van der Waals surface area contributed by atoms with Crippen LogP contribution in [0.25, 0.3) is 11.5 Å². The maximum Gasteiger partial charge on any atom is 0.437 e. The van der Waals surface area contributed by atoms with Gasteiger partial charge in [-0.25, -0.2) is 14.0 Å². The smallest absolute Gasteiger partial charge is 0.437 e. The highest BCUT2D eigenvalue weighted by molar-refractivity contribution is 5.95. The van der Waals surface area contributed by atoms with E-state index in [1.54, 1.807) is 0 Å². The van der Waals surface area contributed by atoms with E-state index >= 15 is 0 Å². The van der Waals surface area contributed by atoms with Gasteiger partial charge in [0.05, 0.1) is 0 Å². The largest absolute Gasteiger partial charge is 0.454 e. The highest BCUT2D eigenvalue weighted by Crippen LogP contribution is 2.15. The highest BCUT2D eigenvalue weighted by Gasteiger charge is 2.15. The lowest BCUT2D eigenvalue weighted by Crippen LogP contribution is -2.40. The summed E-state index contributed by atoms with van der Waals surface area (Å²) in [7, 11) is 1.31. The topological polar surface area (TPSA) is 133 Å². The van der Waals surface area contributed by atoms with Gasteiger partial charge < -0.3 is 14.5 Å². The third kappa shape index (κ3) is 4.99. The van der Waals surface area contributed by atoms with Crippen LogP contribution in [-0.2, 0) is 20.9 Å². The second-order valence-corrected chi connectivity index (χ2v) is 4.63. The zero-order valence-corrected chi connectivity index (χ0v) is 12.9. The monoisotopic (exact) mass is 352 g/mol. The number of benzene rings is 1. The van der Waals surface area contributed by atoms with Crippen LogP contribution < -0.4 is 16.4 Å². The van der Waals surface area contributed by atoms with Crippen molar-refractivity contribution in [3.63, 3.8) is 0 Å². The third-order valence-corrected chi connectivity index (χ3v) is 2.82. The number of urea groups is 1. The summed E-state index contributed by atoms with van der Waals surface area (Å²) in [5.74, 6) is -3.27. The molecule has 2 N–H and O–H groups in total. The van der Waals surface area contributed by atoms with Gasteiger partial charge in [-0.15, -0.1) is 5.10 Å². The van der Waals surface area contributed by atoms with Crippen molar-refractivity contribution < 1.29 is 27.9 Å². The molecule has 0 bridgehead atoms. The van der Waals surface area contributed by atoms with Gasteiger partial charge >= 0.3 is 17.8 Å². The number of imide groups is 1. The molecular formula is C14H13FN4O6. The molecule has 0 spiro atoms. The van der Waals surface area contributed by atoms with E-state index in [1.807, 2.05) is 5.32 Å². The summed E-state index contributed by atoms with van der Waals surface area (Å²) in [5, 5.41) is 7.83. The number of amides is 3. The van der Waals surface area contributed by atoms with E-state index in [0.29, 0.717) is 10.2 Å². The minimum atomic E-state index is -0.937. The summed E-state index contributed by atoms with van der Waals surface area (Å²) in [4.78, 5) is 45.4. The van der Waals surface area contributed by atoms with Crippen molar-refractivity contribution >= 4 is 17.9 Å². The van der Waals surface area contributed by atoms with Crippen LogP contribution in [0.3, 0.4) is 0 Å². The lowest BCUT2D eigenvalue weighted by molar-refractivity contribution is -0.149. The van der Waals surface area contributed by atoms with Crippen LogP contribution in [0.5, 0.6) is 0 Å². The number of esters is 1. The number of aromatic nitrogens is 2. The first-order chi connectivity index (χ1) is 11.9. The second kappa shape index (κ2) is 7.86. The van der Waals surface area contributed by atoms with E-state index in [2.05, 4.69) is 15.2 Å². The van der Waals surface area contributed by atoms with Crippen molar-refractivity contribution in [1.82, 2.24) is 20.4 Å². The number of hydrogen-bond donors (Lipinski definition) is 2. The van der Waals surface area contributed by atoms with Gasteiger partial charge in [0.1, 0.15) is 12.4 Å². The van der Waals surface area contributed by atoms with Crippen LogP contribution in [0.2, 0.25) is 0 Å². The maximum absolute atomic E-state index is 12.9. The third-order valence-electron chi connectivity index (χ3n) is 2.82. The molecule has 1 heterocycles. The molecule has 0 radical (unpaired) electrons. The first-order valence-electron chi connectivity index (χ1n) is 6.90. The van der Waals surface area contributed by atoms with E-state index in [0.717, 1.165) is 12.1 Å². The van der Waals surface area contributed by atoms with Gasteiger partial charge in [-0.1, -0.05) is 0 Å². The number of rotatable bonds is 5. The van der Waals surface area contributed by atoms with Crippen LogP contribution >= 0.6 is 0 Å². The zero-order chi connectivity index (χ0) is 18.4. The Morgan fingerprint density at radius 2 is 1.96 bits per heavy atom. The van der Waals surface area contributed by atoms with Crippen LogP contribution in [-0.4, -0.2) is 41.3 Å². The molecule has 0 unspecified atom stereocenters. The molecule has 0 aliphatic carbocycles. The van der Waals surface area contributed by atoms with E-state index < -0.39 is 42.6 Å². The van der Waals surface area contributed by atoms with E-state index in [9.17, 15) is 23.6 Å². The Morgan fingerprint density at radius 1 is 1.28 bits per heavy atom. The minimum absolute atomic E-state index is 0.102. The predicted octanol–water partition coefficient (Wildman–Crippen LogP) is -0.359. The summed E-state index contributed by atoms with van der Waals surface area (Å²) < 4.78 is 23.1. The van der Waals surface area contributed by atoms with Crippen LogP contribution in [0.1, 0.15) is 0 Å². The van der Waals surface area contributed by atoms with Crippen molar-refractivity contribution in [3.8, 4) is 11.5 Å². The molecule has 2 aromatic rings. The van der Waals surface area contributed by atoms with E-state index in [1.165, 1.54) is 19.2 Å². The zero-order valence-electron chi connectivity index (χ0n) is 12.9. The van der Waals surface area contributed by atoms with Crippen molar-refractivity contribution in [2.45, 2.75) is 6.54 Å². The molecule has 0 aliphatic heterocycles. The lowest BCUT2D eigenvalue weighted by atomic mass is 10.2. The minimum Gasteiger partial charge on any atom is -0.454 e. The summed E-state index contributed by atoms with van der Waals surface area (Å²) in [6, 6.07) is 4.28. The van der Waals surface area contributed by atoms with Gasteiger partial charge in [0.2, 0.25) is 5.89 Å². The summed E-state index contributed by atoms with van der Waals surface area (Å²) in [5.41, 5.74) is 0.343. The Labute approximate surface area is 139 Å². The van der Waals surface area contributed by atoms with Gasteiger partial charge in [0.25, 0.3) is 5.91 Å². The molecule has 11 heteroatoms. The summed E-state index contributed by atoms with van der Waals surface area (Å²) >= 11 is 0. The lowest BCUT2D eigenvalue weighted by Gasteiger charge is -2.04. The summed E-state index contributed by atoms with van der Waals surface area (Å²) in [6.07, 6.45) is 0. The van der Waals surface area contributed by atoms with Crippen LogP contribution in [0.15, 0.2) is 33.5 Å². The number of nitrogens with one attached hydrogen (secondary N) is 2. The normalized spacial score (nSPS) is 10.2. The summed E-state index contributed by atoms with van der Waals surface area (Å²) in [6.45, 7) is -1.31. The molecule has 0 atom stereocenters. The first-order valence-corrected chi connectivity index (χ1v) is 6.90. The molecule has 25 heavy (non-hydrogen) atoms. The van der Waals surface area contributed by atoms with Crippen molar-refractivity contribution in [3.05, 3.63) is 40.6 Å². The molecule has 3 amide bonds. The molecule has 1 aromatic heterocycles. The number of carbonyl (C=O) groups is 3. The van der Waals surface area contributed by atoms with Crippen molar-refractivity contribution in [2.24, 2.45) is 0 Å². The first kappa shape index (κ1) is 17.8. The fourth-order valence-corrected chi connectivity index (χ4v) is 1.65. The molecule has 2 rings (SSSR count). The van der Waals surface area contributed by atoms with Crippen molar-refractivity contribution in [1.29, 1.82) is 0 Å². The fourth-order valence-electron chi connectivity index (χ4n) is 1.65. The number of halogens is 1. The Hall–Kier alpha value is -3.50. The van der Waals surface area contributed by atoms with Gasteiger partial charge in [-0.05, 0) is 24.3 Å². The van der Waals surface area contributed by atoms with Crippen molar-refractivity contribution in [2.75, 3.05) is 13.7 Å². The molecule has 132 valence electrons. The Bertz CT molecular complexity index is 842. The molecule has 0 aliphatic rings. The number of nitrogens with zero attached hydrogens (tertiary/aromatic N) is 2. The molecule has 10 nitrogen and oxygen atoms in total. The number of ether oxygens (including phenoxy) is 1. The predicted molar refractivity (Wildman–Crippen MR) is 79.7 cm³/mol. The van der Waals surface area contributed by atoms with Crippen LogP contribution in [0, 0.1) is 5.82 Å². The number of hydrogen-bond acceptors (Lipinski definition) is 7. The van der Waals surface area contributed by atoms with Crippen LogP contribution in [0.4, 0.5) is 9.18 Å². The molecule has 0 saturated carbocycles. The average molecular weight is 352 g/mol. The fraction of sp³-hybridized carbons (Fsp3) is 0.214.